The largest absolute Gasteiger partial charge is 0.367 e. The maximum atomic E-state index is 11.9. The molecular formula is C14H24N4O. The summed E-state index contributed by atoms with van der Waals surface area (Å²) in [5.74, 6) is 1.64. The van der Waals surface area contributed by atoms with E-state index in [-0.39, 0.29) is 11.6 Å². The first-order valence-electron chi connectivity index (χ1n) is 6.91. The second-order valence-electron chi connectivity index (χ2n) is 5.17. The lowest BCUT2D eigenvalue weighted by atomic mass is 10.1. The van der Waals surface area contributed by atoms with Gasteiger partial charge in [-0.1, -0.05) is 27.7 Å². The van der Waals surface area contributed by atoms with Gasteiger partial charge in [0.05, 0.1) is 5.56 Å². The summed E-state index contributed by atoms with van der Waals surface area (Å²) in [4.78, 5) is 19.2. The highest BCUT2D eigenvalue weighted by molar-refractivity contribution is 5.83. The molecule has 0 spiro atoms. The molecule has 0 unspecified atom stereocenters. The summed E-state index contributed by atoms with van der Waals surface area (Å²) in [5, 5.41) is 10.6. The van der Waals surface area contributed by atoms with Gasteiger partial charge in [0.2, 0.25) is 0 Å². The van der Waals surface area contributed by atoms with E-state index in [0.717, 1.165) is 25.5 Å². The van der Waals surface area contributed by atoms with E-state index in [1.54, 1.807) is 0 Å². The van der Waals surface area contributed by atoms with E-state index in [4.69, 9.17) is 5.41 Å². The molecule has 0 aliphatic rings. The van der Waals surface area contributed by atoms with Crippen LogP contribution in [0.25, 0.3) is 0 Å². The molecule has 1 heterocycles. The van der Waals surface area contributed by atoms with Crippen LogP contribution in [0.2, 0.25) is 0 Å². The Morgan fingerprint density at radius 2 is 2.00 bits per heavy atom. The molecule has 0 radical (unpaired) electrons. The summed E-state index contributed by atoms with van der Waals surface area (Å²) < 4.78 is 0. The summed E-state index contributed by atoms with van der Waals surface area (Å²) in [5.41, 5.74) is 0.0634. The topological polar surface area (TPSA) is 81.6 Å². The fourth-order valence-electron chi connectivity index (χ4n) is 1.94. The number of hydrogen-bond donors (Lipinski definition) is 3. The Kier molecular flexibility index (Phi) is 5.73. The molecule has 106 valence electrons. The highest BCUT2D eigenvalue weighted by Crippen LogP contribution is 2.12. The highest BCUT2D eigenvalue weighted by Gasteiger charge is 2.13. The number of nitrogens with one attached hydrogen (secondary N) is 3. The van der Waals surface area contributed by atoms with Crippen molar-refractivity contribution in [3.8, 4) is 0 Å². The minimum atomic E-state index is -0.242. The smallest absolute Gasteiger partial charge is 0.261 e. The van der Waals surface area contributed by atoms with Crippen LogP contribution < -0.4 is 10.9 Å². The lowest BCUT2D eigenvalue weighted by Crippen LogP contribution is -2.25. The molecule has 0 aliphatic carbocycles. The number of nitrogens with zero attached hydrogens (tertiary/aromatic N) is 1. The lowest BCUT2D eigenvalue weighted by Gasteiger charge is -2.17. The van der Waals surface area contributed by atoms with Crippen LogP contribution >= 0.6 is 0 Å². The van der Waals surface area contributed by atoms with Crippen LogP contribution in [0.4, 0.5) is 5.82 Å². The third-order valence-electron chi connectivity index (χ3n) is 3.08. The molecule has 5 nitrogen and oxygen atoms in total. The van der Waals surface area contributed by atoms with E-state index < -0.39 is 0 Å². The maximum Gasteiger partial charge on any atom is 0.261 e. The summed E-state index contributed by atoms with van der Waals surface area (Å²) in [7, 11) is 0. The van der Waals surface area contributed by atoms with Gasteiger partial charge in [0, 0.05) is 18.7 Å². The van der Waals surface area contributed by atoms with Gasteiger partial charge in [0.15, 0.2) is 0 Å². The average molecular weight is 264 g/mol. The van der Waals surface area contributed by atoms with Gasteiger partial charge < -0.3 is 15.7 Å². The van der Waals surface area contributed by atoms with Gasteiger partial charge in [0.1, 0.15) is 11.6 Å². The molecule has 0 fully saturated rings. The highest BCUT2D eigenvalue weighted by atomic mass is 16.1. The summed E-state index contributed by atoms with van der Waals surface area (Å²) in [6, 6.07) is 0.278. The predicted octanol–water partition coefficient (Wildman–Crippen LogP) is 2.57. The first kappa shape index (κ1) is 15.4. The number of H-pyrrole nitrogens is 1. The molecule has 0 saturated carbocycles. The SMILES string of the molecule is CCC(CC)Nc1nc(CC(C)C)[nH]c(=O)c1C=N. The van der Waals surface area contributed by atoms with Gasteiger partial charge in [-0.15, -0.1) is 0 Å². The van der Waals surface area contributed by atoms with Crippen LogP contribution in [-0.2, 0) is 6.42 Å². The lowest BCUT2D eigenvalue weighted by molar-refractivity contribution is 0.616. The van der Waals surface area contributed by atoms with Crippen molar-refractivity contribution in [2.45, 2.75) is 53.0 Å². The van der Waals surface area contributed by atoms with Crippen molar-refractivity contribution < 1.29 is 0 Å². The van der Waals surface area contributed by atoms with Crippen LogP contribution in [0.5, 0.6) is 0 Å². The Balaban J connectivity index is 3.14. The zero-order valence-corrected chi connectivity index (χ0v) is 12.2. The van der Waals surface area contributed by atoms with E-state index in [1.165, 1.54) is 0 Å². The monoisotopic (exact) mass is 264 g/mol. The van der Waals surface area contributed by atoms with Gasteiger partial charge >= 0.3 is 0 Å². The Morgan fingerprint density at radius 1 is 1.37 bits per heavy atom. The van der Waals surface area contributed by atoms with Crippen LogP contribution in [-0.4, -0.2) is 22.2 Å². The molecule has 0 aromatic carbocycles. The van der Waals surface area contributed by atoms with Gasteiger partial charge in [-0.3, -0.25) is 4.79 Å². The molecule has 5 heteroatoms. The van der Waals surface area contributed by atoms with Crippen LogP contribution in [0.1, 0.15) is 51.9 Å². The summed E-state index contributed by atoms with van der Waals surface area (Å²) >= 11 is 0. The molecule has 1 aromatic heterocycles. The minimum Gasteiger partial charge on any atom is -0.367 e. The fourth-order valence-corrected chi connectivity index (χ4v) is 1.94. The van der Waals surface area contributed by atoms with E-state index in [9.17, 15) is 4.79 Å². The number of aromatic nitrogens is 2. The molecule has 0 aliphatic heterocycles. The Labute approximate surface area is 114 Å². The van der Waals surface area contributed by atoms with E-state index in [1.807, 2.05) is 0 Å². The van der Waals surface area contributed by atoms with Gasteiger partial charge in [-0.25, -0.2) is 4.98 Å². The van der Waals surface area contributed by atoms with Gasteiger partial charge in [-0.2, -0.15) is 0 Å². The first-order valence-corrected chi connectivity index (χ1v) is 6.91. The van der Waals surface area contributed by atoms with Crippen molar-refractivity contribution in [1.82, 2.24) is 9.97 Å². The fraction of sp³-hybridized carbons (Fsp3) is 0.643. The maximum absolute atomic E-state index is 11.9. The first-order chi connectivity index (χ1) is 9.01. The van der Waals surface area contributed by atoms with Crippen molar-refractivity contribution in [3.63, 3.8) is 0 Å². The molecule has 0 amide bonds. The molecule has 0 atom stereocenters. The van der Waals surface area contributed by atoms with Crippen molar-refractivity contribution >= 4 is 12.0 Å². The van der Waals surface area contributed by atoms with Crippen molar-refractivity contribution in [1.29, 1.82) is 5.41 Å². The van der Waals surface area contributed by atoms with E-state index >= 15 is 0 Å². The predicted molar refractivity (Wildman–Crippen MR) is 79.3 cm³/mol. The number of rotatable bonds is 7. The second kappa shape index (κ2) is 7.07. The Bertz CT molecular complexity index is 475. The summed E-state index contributed by atoms with van der Waals surface area (Å²) in [6.07, 6.45) is 3.71. The average Bonchev–Trinajstić information content (AvgIpc) is 2.34. The molecule has 0 bridgehead atoms. The third kappa shape index (κ3) is 4.19. The second-order valence-corrected chi connectivity index (χ2v) is 5.17. The quantitative estimate of drug-likeness (QED) is 0.662. The van der Waals surface area contributed by atoms with Crippen LogP contribution in [0.15, 0.2) is 4.79 Å². The van der Waals surface area contributed by atoms with Gasteiger partial charge in [-0.05, 0) is 18.8 Å². The summed E-state index contributed by atoms with van der Waals surface area (Å²) in [6.45, 7) is 8.35. The van der Waals surface area contributed by atoms with E-state index in [2.05, 4.69) is 43.0 Å². The molecular weight excluding hydrogens is 240 g/mol. The standard InChI is InChI=1S/C14H24N4O/c1-5-10(6-2)16-13-11(8-15)14(19)18-12(17-13)7-9(3)4/h8-10,15H,5-7H2,1-4H3,(H2,16,17,18,19). The number of hydrogen-bond acceptors (Lipinski definition) is 4. The van der Waals surface area contributed by atoms with Crippen molar-refractivity contribution in [2.24, 2.45) is 5.92 Å². The van der Waals surface area contributed by atoms with Crippen LogP contribution in [0.3, 0.4) is 0 Å². The Hall–Kier alpha value is -1.65. The molecule has 0 saturated heterocycles. The molecule has 19 heavy (non-hydrogen) atoms. The van der Waals surface area contributed by atoms with E-state index in [0.29, 0.717) is 23.1 Å². The molecule has 1 aromatic rings. The third-order valence-corrected chi connectivity index (χ3v) is 3.08. The molecule has 3 N–H and O–H groups in total. The Morgan fingerprint density at radius 3 is 2.47 bits per heavy atom. The molecule has 1 rings (SSSR count). The van der Waals surface area contributed by atoms with Crippen molar-refractivity contribution in [2.75, 3.05) is 5.32 Å². The zero-order valence-electron chi connectivity index (χ0n) is 12.2. The zero-order chi connectivity index (χ0) is 14.4. The number of anilines is 1. The van der Waals surface area contributed by atoms with Crippen LogP contribution in [0, 0.1) is 11.3 Å². The number of aromatic amines is 1. The van der Waals surface area contributed by atoms with Gasteiger partial charge in [0.25, 0.3) is 5.56 Å². The van der Waals surface area contributed by atoms with Crippen molar-refractivity contribution in [3.05, 3.63) is 21.7 Å². The minimum absolute atomic E-state index is 0.242. The normalized spacial score (nSPS) is 11.1.